The monoisotopic (exact) mass is 521 g/mol. The SMILES string of the molecule is CCCCCCCCCCCCCC/C=C/CC/C=C/C(O)C(CO)NC(=O)CCCCCCCCC. The molecule has 0 aliphatic heterocycles. The number of amides is 1. The van der Waals surface area contributed by atoms with Gasteiger partial charge in [0.25, 0.3) is 0 Å². The molecule has 0 fully saturated rings. The first-order valence-electron chi connectivity index (χ1n) is 16.1. The predicted octanol–water partition coefficient (Wildman–Crippen LogP) is 8.95. The second-order valence-corrected chi connectivity index (χ2v) is 10.9. The number of carbonyl (C=O) groups is 1. The van der Waals surface area contributed by atoms with Crippen LogP contribution in [-0.2, 0) is 4.79 Å². The molecule has 0 spiro atoms. The van der Waals surface area contributed by atoms with E-state index in [2.05, 4.69) is 31.3 Å². The van der Waals surface area contributed by atoms with E-state index in [0.29, 0.717) is 6.42 Å². The third kappa shape index (κ3) is 26.3. The number of aliphatic hydroxyl groups excluding tert-OH is 2. The number of aliphatic hydroxyl groups is 2. The summed E-state index contributed by atoms with van der Waals surface area (Å²) >= 11 is 0. The quantitative estimate of drug-likeness (QED) is 0.0711. The smallest absolute Gasteiger partial charge is 0.220 e. The van der Waals surface area contributed by atoms with Gasteiger partial charge < -0.3 is 15.5 Å². The largest absolute Gasteiger partial charge is 0.394 e. The van der Waals surface area contributed by atoms with E-state index in [1.807, 2.05) is 6.08 Å². The van der Waals surface area contributed by atoms with Gasteiger partial charge in [0.15, 0.2) is 0 Å². The van der Waals surface area contributed by atoms with Crippen molar-refractivity contribution >= 4 is 5.91 Å². The third-order valence-corrected chi connectivity index (χ3v) is 7.19. The Hall–Kier alpha value is -1.13. The Morgan fingerprint density at radius 2 is 1.05 bits per heavy atom. The van der Waals surface area contributed by atoms with Crippen molar-refractivity contribution in [1.82, 2.24) is 5.32 Å². The van der Waals surface area contributed by atoms with E-state index in [9.17, 15) is 15.0 Å². The van der Waals surface area contributed by atoms with Gasteiger partial charge in [-0.05, 0) is 32.1 Å². The molecule has 3 N–H and O–H groups in total. The number of nitrogens with one attached hydrogen (secondary N) is 1. The van der Waals surface area contributed by atoms with Gasteiger partial charge in [-0.25, -0.2) is 0 Å². The van der Waals surface area contributed by atoms with Gasteiger partial charge in [-0.15, -0.1) is 0 Å². The van der Waals surface area contributed by atoms with Crippen LogP contribution in [0.1, 0.15) is 162 Å². The number of rotatable bonds is 28. The Kier molecular flexibility index (Phi) is 28.5. The molecule has 0 aromatic carbocycles. The average molecular weight is 522 g/mol. The van der Waals surface area contributed by atoms with E-state index in [1.54, 1.807) is 6.08 Å². The molecule has 37 heavy (non-hydrogen) atoms. The van der Waals surface area contributed by atoms with Crippen LogP contribution in [0, 0.1) is 0 Å². The van der Waals surface area contributed by atoms with Gasteiger partial charge in [-0.3, -0.25) is 4.79 Å². The van der Waals surface area contributed by atoms with Crippen molar-refractivity contribution in [3.05, 3.63) is 24.3 Å². The molecule has 2 unspecified atom stereocenters. The van der Waals surface area contributed by atoms with Crippen LogP contribution in [0.25, 0.3) is 0 Å². The van der Waals surface area contributed by atoms with Gasteiger partial charge in [-0.1, -0.05) is 147 Å². The molecular weight excluding hydrogens is 458 g/mol. The molecule has 0 bridgehead atoms. The fraction of sp³-hybridized carbons (Fsp3) is 0.848. The van der Waals surface area contributed by atoms with Crippen molar-refractivity contribution in [2.75, 3.05) is 6.61 Å². The zero-order valence-corrected chi connectivity index (χ0v) is 24.7. The minimum Gasteiger partial charge on any atom is -0.394 e. The Labute approximate surface area is 230 Å². The molecule has 0 aromatic heterocycles. The third-order valence-electron chi connectivity index (χ3n) is 7.19. The lowest BCUT2D eigenvalue weighted by atomic mass is 10.0. The summed E-state index contributed by atoms with van der Waals surface area (Å²) in [5.41, 5.74) is 0. The Morgan fingerprint density at radius 3 is 1.57 bits per heavy atom. The van der Waals surface area contributed by atoms with Crippen LogP contribution in [0.5, 0.6) is 0 Å². The number of carbonyl (C=O) groups excluding carboxylic acids is 1. The molecule has 2 atom stereocenters. The highest BCUT2D eigenvalue weighted by molar-refractivity contribution is 5.76. The molecule has 0 aromatic rings. The molecule has 0 aliphatic rings. The maximum absolute atomic E-state index is 12.1. The molecule has 4 nitrogen and oxygen atoms in total. The Balaban J connectivity index is 3.66. The first-order valence-corrected chi connectivity index (χ1v) is 16.1. The summed E-state index contributed by atoms with van der Waals surface area (Å²) in [6.07, 6.45) is 35.5. The maximum atomic E-state index is 12.1. The molecular formula is C33H63NO3. The lowest BCUT2D eigenvalue weighted by Gasteiger charge is -2.19. The van der Waals surface area contributed by atoms with Gasteiger partial charge in [0, 0.05) is 6.42 Å². The summed E-state index contributed by atoms with van der Waals surface area (Å²) in [4.78, 5) is 12.1. The fourth-order valence-electron chi connectivity index (χ4n) is 4.66. The molecule has 0 heterocycles. The van der Waals surface area contributed by atoms with Crippen molar-refractivity contribution in [1.29, 1.82) is 0 Å². The van der Waals surface area contributed by atoms with Crippen molar-refractivity contribution in [2.45, 2.75) is 174 Å². The highest BCUT2D eigenvalue weighted by Crippen LogP contribution is 2.13. The summed E-state index contributed by atoms with van der Waals surface area (Å²) in [5, 5.41) is 22.7. The summed E-state index contributed by atoms with van der Waals surface area (Å²) in [5.74, 6) is -0.0826. The molecule has 0 radical (unpaired) electrons. The molecule has 4 heteroatoms. The zero-order valence-electron chi connectivity index (χ0n) is 24.7. The molecule has 1 amide bonds. The maximum Gasteiger partial charge on any atom is 0.220 e. The highest BCUT2D eigenvalue weighted by Gasteiger charge is 2.17. The van der Waals surface area contributed by atoms with Crippen molar-refractivity contribution in [3.63, 3.8) is 0 Å². The molecule has 0 rings (SSSR count). The van der Waals surface area contributed by atoms with Gasteiger partial charge in [0.1, 0.15) is 0 Å². The summed E-state index contributed by atoms with van der Waals surface area (Å²) < 4.78 is 0. The second kappa shape index (κ2) is 29.4. The zero-order chi connectivity index (χ0) is 27.2. The van der Waals surface area contributed by atoms with Crippen LogP contribution in [-0.4, -0.2) is 34.9 Å². The molecule has 0 saturated heterocycles. The highest BCUT2D eigenvalue weighted by atomic mass is 16.3. The van der Waals surface area contributed by atoms with E-state index >= 15 is 0 Å². The van der Waals surface area contributed by atoms with Crippen LogP contribution in [0.2, 0.25) is 0 Å². The van der Waals surface area contributed by atoms with Gasteiger partial charge in [0.05, 0.1) is 18.8 Å². The predicted molar refractivity (Wildman–Crippen MR) is 161 cm³/mol. The van der Waals surface area contributed by atoms with Crippen LogP contribution < -0.4 is 5.32 Å². The van der Waals surface area contributed by atoms with Crippen LogP contribution >= 0.6 is 0 Å². The standard InChI is InChI=1S/C33H63NO3/c1-3-5-7-9-11-12-13-14-15-16-17-18-19-20-21-23-24-26-28-32(36)31(30-35)34-33(37)29-27-25-22-10-8-6-4-2/h20-21,26,28,31-32,35-36H,3-19,22-25,27,29-30H2,1-2H3,(H,34,37)/b21-20+,28-26+. The lowest BCUT2D eigenvalue weighted by Crippen LogP contribution is -2.45. The normalized spacial score (nSPS) is 13.5. The van der Waals surface area contributed by atoms with E-state index in [1.165, 1.54) is 109 Å². The van der Waals surface area contributed by atoms with Crippen LogP contribution in [0.3, 0.4) is 0 Å². The van der Waals surface area contributed by atoms with E-state index in [-0.39, 0.29) is 12.5 Å². The Morgan fingerprint density at radius 1 is 0.622 bits per heavy atom. The van der Waals surface area contributed by atoms with Gasteiger partial charge >= 0.3 is 0 Å². The minimum atomic E-state index is -0.854. The van der Waals surface area contributed by atoms with E-state index < -0.39 is 12.1 Å². The minimum absolute atomic E-state index is 0.0826. The van der Waals surface area contributed by atoms with Crippen molar-refractivity contribution < 1.29 is 15.0 Å². The first kappa shape index (κ1) is 35.9. The summed E-state index contributed by atoms with van der Waals surface area (Å²) in [7, 11) is 0. The lowest BCUT2D eigenvalue weighted by molar-refractivity contribution is -0.123. The van der Waals surface area contributed by atoms with Crippen LogP contribution in [0.15, 0.2) is 24.3 Å². The number of hydrogen-bond donors (Lipinski definition) is 3. The van der Waals surface area contributed by atoms with E-state index in [0.717, 1.165) is 32.1 Å². The number of hydrogen-bond acceptors (Lipinski definition) is 3. The summed E-state index contributed by atoms with van der Waals surface area (Å²) in [6.45, 7) is 4.23. The number of allylic oxidation sites excluding steroid dienone is 3. The van der Waals surface area contributed by atoms with Crippen molar-refractivity contribution in [3.8, 4) is 0 Å². The molecule has 0 aliphatic carbocycles. The summed E-state index contributed by atoms with van der Waals surface area (Å²) in [6, 6.07) is -0.630. The second-order valence-electron chi connectivity index (χ2n) is 10.9. The first-order chi connectivity index (χ1) is 18.2. The Bertz CT molecular complexity index is 532. The van der Waals surface area contributed by atoms with Gasteiger partial charge in [-0.2, -0.15) is 0 Å². The van der Waals surface area contributed by atoms with Crippen molar-refractivity contribution in [2.24, 2.45) is 0 Å². The molecule has 0 saturated carbocycles. The number of unbranched alkanes of at least 4 members (excludes halogenated alkanes) is 19. The van der Waals surface area contributed by atoms with Gasteiger partial charge in [0.2, 0.25) is 5.91 Å². The van der Waals surface area contributed by atoms with Crippen LogP contribution in [0.4, 0.5) is 0 Å². The average Bonchev–Trinajstić information content (AvgIpc) is 2.90. The van der Waals surface area contributed by atoms with E-state index in [4.69, 9.17) is 0 Å². The topological polar surface area (TPSA) is 69.6 Å². The molecule has 218 valence electrons. The fourth-order valence-corrected chi connectivity index (χ4v) is 4.66.